The predicted molar refractivity (Wildman–Crippen MR) is 92.3 cm³/mol. The first-order chi connectivity index (χ1) is 11.5. The zero-order valence-electron chi connectivity index (χ0n) is 13.0. The number of amides is 3. The van der Waals surface area contributed by atoms with E-state index in [9.17, 15) is 14.4 Å². The van der Waals surface area contributed by atoms with Crippen LogP contribution in [0.4, 0.5) is 10.7 Å². The Kier molecular flexibility index (Phi) is 5.91. The maximum atomic E-state index is 11.9. The summed E-state index contributed by atoms with van der Waals surface area (Å²) in [5.74, 6) is -0.557. The lowest BCUT2D eigenvalue weighted by Crippen LogP contribution is -2.19. The van der Waals surface area contributed by atoms with Crippen molar-refractivity contribution in [2.24, 2.45) is 5.73 Å². The summed E-state index contributed by atoms with van der Waals surface area (Å²) in [6.07, 6.45) is 0.0211. The smallest absolute Gasteiger partial charge is 0.251 e. The topological polar surface area (TPSA) is 111 Å². The van der Waals surface area contributed by atoms with E-state index in [1.807, 2.05) is 0 Å². The number of nitrogens with two attached hydrogens (primary N) is 1. The highest BCUT2D eigenvalue weighted by atomic mass is 32.1. The second kappa shape index (κ2) is 8.11. The normalized spacial score (nSPS) is 10.0. The fraction of sp³-hybridized carbons (Fsp3) is 0.188. The Labute approximate surface area is 142 Å². The third-order valence-corrected chi connectivity index (χ3v) is 3.97. The zero-order chi connectivity index (χ0) is 17.5. The molecule has 0 aliphatic rings. The van der Waals surface area contributed by atoms with Crippen molar-refractivity contribution in [1.29, 1.82) is 0 Å². The molecule has 0 unspecified atom stereocenters. The van der Waals surface area contributed by atoms with Gasteiger partial charge < -0.3 is 21.1 Å². The molecule has 0 fully saturated rings. The molecule has 0 aliphatic carbocycles. The second-order valence-electron chi connectivity index (χ2n) is 4.85. The number of benzene rings is 1. The van der Waals surface area contributed by atoms with Crippen LogP contribution in [0.15, 0.2) is 35.7 Å². The molecular weight excluding hydrogens is 330 g/mol. The summed E-state index contributed by atoms with van der Waals surface area (Å²) in [7, 11) is 1.56. The first kappa shape index (κ1) is 17.5. The van der Waals surface area contributed by atoms with Crippen molar-refractivity contribution in [3.63, 3.8) is 0 Å². The molecule has 3 amide bonds. The predicted octanol–water partition coefficient (Wildman–Crippen LogP) is 2.21. The van der Waals surface area contributed by atoms with Crippen LogP contribution in [0.3, 0.4) is 0 Å². The summed E-state index contributed by atoms with van der Waals surface area (Å²) in [6, 6.07) is 8.41. The van der Waals surface area contributed by atoms with E-state index in [2.05, 4.69) is 10.6 Å². The van der Waals surface area contributed by atoms with E-state index in [1.165, 1.54) is 11.3 Å². The number of anilines is 2. The Morgan fingerprint density at radius 3 is 2.25 bits per heavy atom. The number of ether oxygens (including phenoxy) is 1. The molecule has 126 valence electrons. The molecule has 1 aromatic carbocycles. The van der Waals surface area contributed by atoms with Gasteiger partial charge in [-0.2, -0.15) is 0 Å². The van der Waals surface area contributed by atoms with Crippen molar-refractivity contribution in [3.8, 4) is 5.75 Å². The SMILES string of the molecule is COc1ccc(NC(=O)CCC(=O)Nc2sccc2C(N)=O)cc1. The maximum Gasteiger partial charge on any atom is 0.251 e. The molecule has 8 heteroatoms. The van der Waals surface area contributed by atoms with E-state index in [-0.39, 0.29) is 30.2 Å². The van der Waals surface area contributed by atoms with E-state index in [0.29, 0.717) is 16.4 Å². The third-order valence-electron chi connectivity index (χ3n) is 3.14. The van der Waals surface area contributed by atoms with Crippen LogP contribution in [0.1, 0.15) is 23.2 Å². The van der Waals surface area contributed by atoms with Crippen LogP contribution in [-0.4, -0.2) is 24.8 Å². The van der Waals surface area contributed by atoms with E-state index in [0.717, 1.165) is 0 Å². The van der Waals surface area contributed by atoms with E-state index in [1.54, 1.807) is 42.8 Å². The van der Waals surface area contributed by atoms with Crippen molar-refractivity contribution in [2.75, 3.05) is 17.7 Å². The maximum absolute atomic E-state index is 11.9. The van der Waals surface area contributed by atoms with Crippen LogP contribution in [-0.2, 0) is 9.59 Å². The summed E-state index contributed by atoms with van der Waals surface area (Å²) in [6.45, 7) is 0. The van der Waals surface area contributed by atoms with Gasteiger partial charge in [0.25, 0.3) is 5.91 Å². The van der Waals surface area contributed by atoms with Gasteiger partial charge in [-0.15, -0.1) is 11.3 Å². The van der Waals surface area contributed by atoms with Gasteiger partial charge >= 0.3 is 0 Å². The molecule has 1 heterocycles. The number of carbonyl (C=O) groups is 3. The molecule has 0 spiro atoms. The van der Waals surface area contributed by atoms with Crippen LogP contribution in [0.25, 0.3) is 0 Å². The summed E-state index contributed by atoms with van der Waals surface area (Å²) < 4.78 is 5.03. The lowest BCUT2D eigenvalue weighted by Gasteiger charge is -2.07. The minimum absolute atomic E-state index is 0.00189. The molecule has 24 heavy (non-hydrogen) atoms. The van der Waals surface area contributed by atoms with E-state index >= 15 is 0 Å². The van der Waals surface area contributed by atoms with Gasteiger partial charge in [-0.25, -0.2) is 0 Å². The summed E-state index contributed by atoms with van der Waals surface area (Å²) >= 11 is 1.20. The number of carbonyl (C=O) groups excluding carboxylic acids is 3. The van der Waals surface area contributed by atoms with Crippen LogP contribution in [0, 0.1) is 0 Å². The van der Waals surface area contributed by atoms with Crippen LogP contribution in [0.5, 0.6) is 5.75 Å². The van der Waals surface area contributed by atoms with Gasteiger partial charge in [0.05, 0.1) is 12.7 Å². The van der Waals surface area contributed by atoms with Crippen LogP contribution >= 0.6 is 11.3 Å². The lowest BCUT2D eigenvalue weighted by atomic mass is 10.2. The molecule has 0 saturated carbocycles. The molecule has 2 aromatic rings. The fourth-order valence-electron chi connectivity index (χ4n) is 1.91. The number of hydrogen-bond acceptors (Lipinski definition) is 5. The number of primary amides is 1. The lowest BCUT2D eigenvalue weighted by molar-refractivity contribution is -0.121. The van der Waals surface area contributed by atoms with E-state index < -0.39 is 5.91 Å². The van der Waals surface area contributed by atoms with Crippen molar-refractivity contribution in [2.45, 2.75) is 12.8 Å². The van der Waals surface area contributed by atoms with Crippen LogP contribution < -0.4 is 21.1 Å². The Morgan fingerprint density at radius 2 is 1.67 bits per heavy atom. The molecule has 0 radical (unpaired) electrons. The highest BCUT2D eigenvalue weighted by Crippen LogP contribution is 2.23. The van der Waals surface area contributed by atoms with Crippen LogP contribution in [0.2, 0.25) is 0 Å². The Hall–Kier alpha value is -2.87. The second-order valence-corrected chi connectivity index (χ2v) is 5.77. The first-order valence-corrected chi connectivity index (χ1v) is 7.98. The molecule has 2 rings (SSSR count). The Bertz CT molecular complexity index is 740. The van der Waals surface area contributed by atoms with Gasteiger partial charge in [-0.1, -0.05) is 0 Å². The molecule has 0 bridgehead atoms. The number of methoxy groups -OCH3 is 1. The standard InChI is InChI=1S/C16H17N3O4S/c1-23-11-4-2-10(3-5-11)18-13(20)6-7-14(21)19-16-12(15(17)22)8-9-24-16/h2-5,8-9H,6-7H2,1H3,(H2,17,22)(H,18,20)(H,19,21). The minimum Gasteiger partial charge on any atom is -0.497 e. The average molecular weight is 347 g/mol. The van der Waals surface area contributed by atoms with E-state index in [4.69, 9.17) is 10.5 Å². The molecule has 0 aliphatic heterocycles. The van der Waals surface area contributed by atoms with Gasteiger partial charge in [0.15, 0.2) is 0 Å². The van der Waals surface area contributed by atoms with Gasteiger partial charge in [0, 0.05) is 18.5 Å². The molecule has 7 nitrogen and oxygen atoms in total. The number of nitrogens with one attached hydrogen (secondary N) is 2. The monoisotopic (exact) mass is 347 g/mol. The third kappa shape index (κ3) is 4.82. The minimum atomic E-state index is -0.608. The van der Waals surface area contributed by atoms with Gasteiger partial charge in [0.1, 0.15) is 10.8 Å². The van der Waals surface area contributed by atoms with Gasteiger partial charge in [0.2, 0.25) is 11.8 Å². The quantitative estimate of drug-likeness (QED) is 0.713. The summed E-state index contributed by atoms with van der Waals surface area (Å²) in [5.41, 5.74) is 6.09. The molecule has 0 atom stereocenters. The van der Waals surface area contributed by atoms with Crippen molar-refractivity contribution < 1.29 is 19.1 Å². The Morgan fingerprint density at radius 1 is 1.04 bits per heavy atom. The Balaban J connectivity index is 1.81. The fourth-order valence-corrected chi connectivity index (χ4v) is 2.72. The highest BCUT2D eigenvalue weighted by molar-refractivity contribution is 7.14. The highest BCUT2D eigenvalue weighted by Gasteiger charge is 2.13. The molecular formula is C16H17N3O4S. The number of thiophene rings is 1. The zero-order valence-corrected chi connectivity index (χ0v) is 13.8. The average Bonchev–Trinajstić information content (AvgIpc) is 3.02. The first-order valence-electron chi connectivity index (χ1n) is 7.10. The summed E-state index contributed by atoms with van der Waals surface area (Å²) in [4.78, 5) is 34.9. The van der Waals surface area contributed by atoms with Crippen molar-refractivity contribution >= 4 is 39.7 Å². The number of hydrogen-bond donors (Lipinski definition) is 3. The summed E-state index contributed by atoms with van der Waals surface area (Å²) in [5, 5.41) is 7.33. The molecule has 1 aromatic heterocycles. The van der Waals surface area contributed by atoms with Gasteiger partial charge in [-0.05, 0) is 35.7 Å². The van der Waals surface area contributed by atoms with Crippen molar-refractivity contribution in [1.82, 2.24) is 0 Å². The molecule has 0 saturated heterocycles. The largest absolute Gasteiger partial charge is 0.497 e. The number of rotatable bonds is 7. The molecule has 4 N–H and O–H groups in total. The van der Waals surface area contributed by atoms with Crippen molar-refractivity contribution in [3.05, 3.63) is 41.3 Å². The van der Waals surface area contributed by atoms with Gasteiger partial charge in [-0.3, -0.25) is 14.4 Å².